The molecule has 3 heterocycles. The van der Waals surface area contributed by atoms with Gasteiger partial charge in [0.1, 0.15) is 17.3 Å². The van der Waals surface area contributed by atoms with Gasteiger partial charge < -0.3 is 8.98 Å². The number of fused-ring (bicyclic) bond motifs is 6. The largest absolute Gasteiger partial charge is 0.453 e. The van der Waals surface area contributed by atoms with E-state index in [1.165, 1.54) is 6.07 Å². The van der Waals surface area contributed by atoms with Crippen LogP contribution in [0.2, 0.25) is 0 Å². The minimum absolute atomic E-state index is 0.137. The summed E-state index contributed by atoms with van der Waals surface area (Å²) in [4.78, 5) is 4.53. The number of benzene rings is 4. The van der Waals surface area contributed by atoms with Crippen molar-refractivity contribution in [3.8, 4) is 23.0 Å². The molecule has 0 amide bonds. The van der Waals surface area contributed by atoms with E-state index in [4.69, 9.17) is 12.6 Å². The van der Waals surface area contributed by atoms with Gasteiger partial charge in [0.25, 0.3) is 0 Å². The first-order valence-corrected chi connectivity index (χ1v) is 16.4. The number of nitrogens with zero attached hydrogens (tertiary/aromatic N) is 3. The Balaban J connectivity index is 1.67. The van der Waals surface area contributed by atoms with Gasteiger partial charge in [-0.25, -0.2) is 0 Å². The molecule has 0 aliphatic heterocycles. The van der Waals surface area contributed by atoms with Crippen LogP contribution in [0.4, 0.5) is 0 Å². The number of nitriles is 1. The predicted molar refractivity (Wildman–Crippen MR) is 202 cm³/mol. The Kier molecular flexibility index (Phi) is 5.54. The fourth-order valence-electron chi connectivity index (χ4n) is 6.86. The van der Waals surface area contributed by atoms with Gasteiger partial charge in [-0.2, -0.15) is 5.26 Å². The summed E-state index contributed by atoms with van der Waals surface area (Å²) in [7, 11) is 0. The van der Waals surface area contributed by atoms with Crippen LogP contribution < -0.4 is 0 Å². The van der Waals surface area contributed by atoms with E-state index in [0.717, 1.165) is 55.5 Å². The zero-order chi connectivity index (χ0) is 39.5. The molecule has 0 aliphatic rings. The second-order valence-corrected chi connectivity index (χ2v) is 16.1. The molecule has 0 bridgehead atoms. The molecule has 0 saturated heterocycles. The molecule has 0 N–H and O–H groups in total. The first kappa shape index (κ1) is 25.2. The quantitative estimate of drug-likeness (QED) is 0.189. The van der Waals surface area contributed by atoms with Gasteiger partial charge in [0.05, 0.1) is 22.3 Å². The molecule has 3 aromatic heterocycles. The van der Waals surface area contributed by atoms with Crippen molar-refractivity contribution in [3.63, 3.8) is 0 Å². The highest BCUT2D eigenvalue weighted by atomic mass is 16.3. The number of furan rings is 1. The molecule has 4 heteroatoms. The minimum Gasteiger partial charge on any atom is -0.453 e. The van der Waals surface area contributed by atoms with E-state index in [9.17, 15) is 5.26 Å². The number of aromatic nitrogens is 2. The van der Waals surface area contributed by atoms with Gasteiger partial charge in [-0.05, 0) is 94.2 Å². The first-order valence-electron chi connectivity index (χ1n) is 19.4. The van der Waals surface area contributed by atoms with Crippen molar-refractivity contribution >= 4 is 43.7 Å². The molecule has 242 valence electrons. The van der Waals surface area contributed by atoms with Crippen LogP contribution in [0.3, 0.4) is 0 Å². The maximum Gasteiger partial charge on any atom is 0.160 e. The maximum absolute atomic E-state index is 10.8. The van der Waals surface area contributed by atoms with Crippen molar-refractivity contribution in [2.24, 2.45) is 0 Å². The molecule has 0 saturated carbocycles. The highest BCUT2D eigenvalue weighted by Crippen LogP contribution is 2.46. The van der Waals surface area contributed by atoms with Crippen LogP contribution in [0.15, 0.2) is 77.3 Å². The molecule has 48 heavy (non-hydrogen) atoms. The summed E-state index contributed by atoms with van der Waals surface area (Å²) >= 11 is 0. The van der Waals surface area contributed by atoms with Gasteiger partial charge in [0.15, 0.2) is 5.58 Å². The number of aryl methyl sites for hydroxylation is 2. The first-order chi connectivity index (χ1) is 24.9. The zero-order valence-corrected chi connectivity index (χ0v) is 29.2. The predicted octanol–water partition coefficient (Wildman–Crippen LogP) is 12.1. The van der Waals surface area contributed by atoms with E-state index in [2.05, 4.69) is 114 Å². The van der Waals surface area contributed by atoms with Gasteiger partial charge in [-0.15, -0.1) is 0 Å². The lowest BCUT2D eigenvalue weighted by Gasteiger charge is -2.21. The van der Waals surface area contributed by atoms with E-state index in [-0.39, 0.29) is 33.1 Å². The summed E-state index contributed by atoms with van der Waals surface area (Å²) in [6, 6.07) is 24.6. The standard InChI is InChI=1S/C44H45N3O/c1-25-20-35(46-24-26(25)2)32-18-19-34(44(9,10)11)38-33-15-12-27(23-45)39(41(33)48-40(32)38)47-36-21-28(42(3,4)5)13-16-30(36)31-17-14-29(22-37(31)47)43(6,7)8/h12-22,24H,1-11H3/i1D3,2D3. The van der Waals surface area contributed by atoms with Gasteiger partial charge in [-0.1, -0.05) is 92.6 Å². The molecule has 0 unspecified atom stereocenters. The fraction of sp³-hybridized carbons (Fsp3) is 0.318. The fourth-order valence-corrected chi connectivity index (χ4v) is 6.86. The van der Waals surface area contributed by atoms with E-state index in [1.807, 2.05) is 24.3 Å². The zero-order valence-electron chi connectivity index (χ0n) is 35.2. The monoisotopic (exact) mass is 637 g/mol. The van der Waals surface area contributed by atoms with Gasteiger partial charge in [0.2, 0.25) is 0 Å². The third-order valence-electron chi connectivity index (χ3n) is 9.59. The second kappa shape index (κ2) is 10.6. The summed E-state index contributed by atoms with van der Waals surface area (Å²) in [5.41, 5.74) is 6.85. The molecule has 7 rings (SSSR count). The lowest BCUT2D eigenvalue weighted by molar-refractivity contribution is 0.591. The van der Waals surface area contributed by atoms with Crippen molar-refractivity contribution in [3.05, 3.63) is 106 Å². The average Bonchev–Trinajstić information content (AvgIpc) is 3.60. The number of hydrogen-bond acceptors (Lipinski definition) is 3. The van der Waals surface area contributed by atoms with Crippen LogP contribution >= 0.6 is 0 Å². The van der Waals surface area contributed by atoms with Crippen LogP contribution in [-0.2, 0) is 16.2 Å². The Bertz CT molecular complexity index is 2630. The maximum atomic E-state index is 10.8. The number of hydrogen-bond donors (Lipinski definition) is 0. The molecule has 0 fully saturated rings. The SMILES string of the molecule is [2H]C([2H])([2H])c1cnc(-c2ccc(C(C)(C)C)c3c2oc2c(-n4c5cc(C(C)(C)C)ccc5c5ccc(C(C)(C)C)cc54)c(C#N)ccc23)cc1C([2H])([2H])[2H]. The molecule has 7 aromatic rings. The van der Waals surface area contributed by atoms with Crippen molar-refractivity contribution in [2.45, 2.75) is 92.3 Å². The van der Waals surface area contributed by atoms with Crippen LogP contribution in [-0.4, -0.2) is 9.55 Å². The number of pyridine rings is 1. The van der Waals surface area contributed by atoms with Crippen LogP contribution in [0.1, 0.15) is 104 Å². The van der Waals surface area contributed by atoms with E-state index >= 15 is 0 Å². The van der Waals surface area contributed by atoms with E-state index < -0.39 is 13.7 Å². The van der Waals surface area contributed by atoms with Crippen molar-refractivity contribution < 1.29 is 12.6 Å². The average molecular weight is 638 g/mol. The number of rotatable bonds is 2. The second-order valence-electron chi connectivity index (χ2n) is 16.1. The Hall–Kier alpha value is -4.88. The molecule has 4 nitrogen and oxygen atoms in total. The lowest BCUT2D eigenvalue weighted by atomic mass is 9.83. The summed E-state index contributed by atoms with van der Waals surface area (Å²) < 4.78 is 57.8. The minimum atomic E-state index is -2.69. The van der Waals surface area contributed by atoms with Gasteiger partial charge >= 0.3 is 0 Å². The van der Waals surface area contributed by atoms with Crippen LogP contribution in [0.25, 0.3) is 60.7 Å². The summed E-state index contributed by atoms with van der Waals surface area (Å²) in [5, 5.41) is 14.5. The van der Waals surface area contributed by atoms with Crippen molar-refractivity contribution in [1.29, 1.82) is 5.26 Å². The topological polar surface area (TPSA) is 54.8 Å². The van der Waals surface area contributed by atoms with Crippen LogP contribution in [0, 0.1) is 25.0 Å². The lowest BCUT2D eigenvalue weighted by Crippen LogP contribution is -2.11. The van der Waals surface area contributed by atoms with Gasteiger partial charge in [-0.3, -0.25) is 4.98 Å². The smallest absolute Gasteiger partial charge is 0.160 e. The molecule has 4 aromatic carbocycles. The Morgan fingerprint density at radius 1 is 0.688 bits per heavy atom. The normalized spacial score (nSPS) is 15.2. The van der Waals surface area contributed by atoms with Crippen LogP contribution in [0.5, 0.6) is 0 Å². The molecular formula is C44H45N3O. The molecule has 0 radical (unpaired) electrons. The highest BCUT2D eigenvalue weighted by molar-refractivity contribution is 6.16. The molecule has 0 spiro atoms. The van der Waals surface area contributed by atoms with E-state index in [0.29, 0.717) is 28.0 Å². The third-order valence-corrected chi connectivity index (χ3v) is 9.59. The van der Waals surface area contributed by atoms with Crippen molar-refractivity contribution in [1.82, 2.24) is 9.55 Å². The molecule has 0 aliphatic carbocycles. The van der Waals surface area contributed by atoms with Crippen molar-refractivity contribution in [2.75, 3.05) is 0 Å². The molecule has 0 atom stereocenters. The van der Waals surface area contributed by atoms with E-state index in [1.54, 1.807) is 0 Å². The Labute approximate surface area is 292 Å². The Morgan fingerprint density at radius 3 is 1.83 bits per heavy atom. The summed E-state index contributed by atoms with van der Waals surface area (Å²) in [6.07, 6.45) is 1.15. The Morgan fingerprint density at radius 2 is 1.29 bits per heavy atom. The third kappa shape index (κ3) is 4.91. The van der Waals surface area contributed by atoms with Gasteiger partial charge in [0, 0.05) is 41.5 Å². The summed E-state index contributed by atoms with van der Waals surface area (Å²) in [5.74, 6) is 0. The summed E-state index contributed by atoms with van der Waals surface area (Å²) in [6.45, 7) is 14.1. The highest BCUT2D eigenvalue weighted by Gasteiger charge is 2.28. The molecular weight excluding hydrogens is 587 g/mol.